The lowest BCUT2D eigenvalue weighted by atomic mass is 10.0. The Balaban J connectivity index is 1.58. The maximum absolute atomic E-state index is 13.6. The molecule has 0 spiro atoms. The summed E-state index contributed by atoms with van der Waals surface area (Å²) in [5.74, 6) is -0.693. The summed E-state index contributed by atoms with van der Waals surface area (Å²) in [5, 5.41) is 17.8. The van der Waals surface area contributed by atoms with Crippen molar-refractivity contribution in [2.45, 2.75) is 49.1 Å². The van der Waals surface area contributed by atoms with E-state index in [9.17, 15) is 23.1 Å². The minimum Gasteiger partial charge on any atom is -0.395 e. The van der Waals surface area contributed by atoms with Gasteiger partial charge < -0.3 is 21.1 Å². The second kappa shape index (κ2) is 10.7. The molecule has 10 nitrogen and oxygen atoms in total. The van der Waals surface area contributed by atoms with Crippen LogP contribution in [0.25, 0.3) is 0 Å². The summed E-state index contributed by atoms with van der Waals surface area (Å²) in [6.07, 6.45) is 1.21. The van der Waals surface area contributed by atoms with Gasteiger partial charge in [0.2, 0.25) is 0 Å². The Morgan fingerprint density at radius 2 is 2.03 bits per heavy atom. The number of carbonyl (C=O) groups is 2. The van der Waals surface area contributed by atoms with Crippen LogP contribution in [0, 0.1) is 0 Å². The Kier molecular flexibility index (Phi) is 8.15. The SMILES string of the molecule is CC=In1nc(C(=O)NCc2ccc(Cl)cc2)c2c1C(=O)N(CC1(S(=O)(=O)C(C)(CN)CO)CC1)CC2. The molecule has 202 valence electrons. The standard InChI is InChI=1S/C24H31ClIN5O5S/c1-3-26-31-20-18(19(29-31)21(33)28-12-16-4-6-17(25)7-5-16)8-11-30(22(20)34)14-24(9-10-24)37(35,36)23(2,13-27)15-32/h3-7,32H,8-15,27H2,1-2H3,(H,28,33). The van der Waals surface area contributed by atoms with Gasteiger partial charge in [-0.25, -0.2) is 11.3 Å². The van der Waals surface area contributed by atoms with E-state index in [4.69, 9.17) is 17.3 Å². The molecule has 0 bridgehead atoms. The lowest BCUT2D eigenvalue weighted by Gasteiger charge is -2.35. The molecule has 1 aromatic heterocycles. The van der Waals surface area contributed by atoms with Gasteiger partial charge in [0.05, 0.1) is 11.4 Å². The van der Waals surface area contributed by atoms with Gasteiger partial charge in [0.15, 0.2) is 15.5 Å². The third-order valence-electron chi connectivity index (χ3n) is 7.11. The third-order valence-corrected chi connectivity index (χ3v) is 12.4. The molecule has 2 heterocycles. The number of aromatic nitrogens is 2. The lowest BCUT2D eigenvalue weighted by Crippen LogP contribution is -2.55. The van der Waals surface area contributed by atoms with Crippen LogP contribution < -0.4 is 11.1 Å². The van der Waals surface area contributed by atoms with Crippen molar-refractivity contribution in [3.63, 3.8) is 0 Å². The van der Waals surface area contributed by atoms with E-state index in [0.717, 1.165) is 5.56 Å². The van der Waals surface area contributed by atoms with E-state index in [0.29, 0.717) is 35.5 Å². The first-order valence-electron chi connectivity index (χ1n) is 11.9. The minimum atomic E-state index is -3.82. The van der Waals surface area contributed by atoms with Crippen LogP contribution in [-0.4, -0.2) is 78.0 Å². The average Bonchev–Trinajstić information content (AvgIpc) is 3.59. The second-order valence-corrected chi connectivity index (χ2v) is 15.6. The van der Waals surface area contributed by atoms with Crippen LogP contribution in [0.1, 0.15) is 58.8 Å². The topological polar surface area (TPSA) is 148 Å². The van der Waals surface area contributed by atoms with Gasteiger partial charge in [-0.3, -0.25) is 9.59 Å². The van der Waals surface area contributed by atoms with E-state index in [1.165, 1.54) is 6.92 Å². The molecule has 13 heteroatoms. The van der Waals surface area contributed by atoms with Crippen molar-refractivity contribution in [3.05, 3.63) is 51.8 Å². The molecule has 1 fully saturated rings. The van der Waals surface area contributed by atoms with Crippen LogP contribution in [0.2, 0.25) is 5.02 Å². The zero-order valence-corrected chi connectivity index (χ0v) is 24.4. The van der Waals surface area contributed by atoms with Crippen molar-refractivity contribution in [2.24, 2.45) is 5.73 Å². The second-order valence-electron chi connectivity index (χ2n) is 9.64. The largest absolute Gasteiger partial charge is 0.395 e. The van der Waals surface area contributed by atoms with Gasteiger partial charge in [0.25, 0.3) is 11.8 Å². The third kappa shape index (κ3) is 5.10. The van der Waals surface area contributed by atoms with Gasteiger partial charge in [-0.15, -0.1) is 0 Å². The molecular formula is C24H31ClIN5O5S. The molecule has 4 rings (SSSR count). The summed E-state index contributed by atoms with van der Waals surface area (Å²) < 4.78 is 27.9. The predicted molar refractivity (Wildman–Crippen MR) is 151 cm³/mol. The van der Waals surface area contributed by atoms with Crippen molar-refractivity contribution in [1.29, 1.82) is 0 Å². The zero-order valence-electron chi connectivity index (χ0n) is 20.7. The van der Waals surface area contributed by atoms with E-state index in [1.54, 1.807) is 19.9 Å². The van der Waals surface area contributed by atoms with E-state index in [2.05, 4.69) is 10.4 Å². The monoisotopic (exact) mass is 663 g/mol. The van der Waals surface area contributed by atoms with Gasteiger partial charge in [-0.1, -0.05) is 23.7 Å². The number of aliphatic hydroxyl groups excluding tert-OH is 1. The van der Waals surface area contributed by atoms with E-state index in [1.807, 2.05) is 23.1 Å². The predicted octanol–water partition coefficient (Wildman–Crippen LogP) is 1.68. The molecule has 1 aliphatic heterocycles. The molecule has 1 saturated carbocycles. The van der Waals surface area contributed by atoms with Gasteiger partial charge in [-0.2, -0.15) is 5.10 Å². The number of benzene rings is 1. The first kappa shape index (κ1) is 28.1. The molecule has 2 aromatic rings. The Bertz CT molecular complexity index is 1330. The van der Waals surface area contributed by atoms with Crippen LogP contribution in [-0.2, 0) is 22.8 Å². The zero-order chi connectivity index (χ0) is 27.0. The van der Waals surface area contributed by atoms with Crippen LogP contribution in [0.3, 0.4) is 0 Å². The lowest BCUT2D eigenvalue weighted by molar-refractivity contribution is 0.0729. The highest BCUT2D eigenvalue weighted by Crippen LogP contribution is 2.49. The van der Waals surface area contributed by atoms with Crippen LogP contribution in [0.4, 0.5) is 0 Å². The number of fused-ring (bicyclic) bond motifs is 1. The number of amides is 2. The molecule has 37 heavy (non-hydrogen) atoms. The number of sulfone groups is 1. The normalized spacial score (nSPS) is 18.7. The van der Waals surface area contributed by atoms with Crippen LogP contribution in [0.15, 0.2) is 24.3 Å². The molecule has 1 aliphatic carbocycles. The summed E-state index contributed by atoms with van der Waals surface area (Å²) in [6, 6.07) is 7.14. The number of nitrogens with two attached hydrogens (primary N) is 1. The summed E-state index contributed by atoms with van der Waals surface area (Å²) in [6.45, 7) is 3.13. The quantitative estimate of drug-likeness (QED) is 0.328. The molecule has 1 aromatic carbocycles. The van der Waals surface area contributed by atoms with E-state index < -0.39 is 46.9 Å². The highest BCUT2D eigenvalue weighted by molar-refractivity contribution is 14.2. The van der Waals surface area contributed by atoms with E-state index >= 15 is 0 Å². The Morgan fingerprint density at radius 1 is 1.35 bits per heavy atom. The summed E-state index contributed by atoms with van der Waals surface area (Å²) in [5.41, 5.74) is 7.78. The number of carbonyl (C=O) groups excluding carboxylic acids is 2. The smallest absolute Gasteiger partial charge is 0.273 e. The highest BCUT2D eigenvalue weighted by Gasteiger charge is 2.61. The fourth-order valence-electron chi connectivity index (χ4n) is 4.51. The number of nitrogens with zero attached hydrogens (tertiary/aromatic N) is 3. The highest BCUT2D eigenvalue weighted by atomic mass is 127. The molecule has 2 amide bonds. The molecule has 1 unspecified atom stereocenters. The molecule has 1 atom stereocenters. The summed E-state index contributed by atoms with van der Waals surface area (Å²) >= 11 is 5.14. The Labute approximate surface area is 231 Å². The van der Waals surface area contributed by atoms with Gasteiger partial charge in [0.1, 0.15) is 10.4 Å². The van der Waals surface area contributed by atoms with Gasteiger partial charge in [0, 0.05) is 57.8 Å². The van der Waals surface area contributed by atoms with Crippen molar-refractivity contribution in [3.8, 4) is 0 Å². The maximum Gasteiger partial charge on any atom is 0.273 e. The number of nitrogens with one attached hydrogen (secondary N) is 1. The summed E-state index contributed by atoms with van der Waals surface area (Å²) in [7, 11) is -3.82. The first-order valence-corrected chi connectivity index (χ1v) is 16.0. The number of rotatable bonds is 10. The molecule has 2 aliphatic rings. The fraction of sp³-hybridized carbons (Fsp3) is 0.500. The average molecular weight is 664 g/mol. The number of aliphatic hydroxyl groups is 1. The van der Waals surface area contributed by atoms with Crippen LogP contribution in [0.5, 0.6) is 0 Å². The van der Waals surface area contributed by atoms with Crippen molar-refractivity contribution in [2.75, 3.05) is 26.2 Å². The molecule has 0 saturated heterocycles. The molecule has 0 radical (unpaired) electrons. The molecular weight excluding hydrogens is 633 g/mol. The van der Waals surface area contributed by atoms with Crippen molar-refractivity contribution < 1.29 is 23.1 Å². The molecule has 4 N–H and O–H groups in total. The fourth-order valence-corrected chi connectivity index (χ4v) is 8.68. The minimum absolute atomic E-state index is 0.0284. The Hall–Kier alpha value is -1.87. The van der Waals surface area contributed by atoms with Crippen LogP contribution >= 0.6 is 32.6 Å². The number of hydrogen-bond acceptors (Lipinski definition) is 7. The number of hydrogen-bond donors (Lipinski definition) is 3. The summed E-state index contributed by atoms with van der Waals surface area (Å²) in [4.78, 5) is 28.2. The van der Waals surface area contributed by atoms with E-state index in [-0.39, 0.29) is 43.7 Å². The van der Waals surface area contributed by atoms with Crippen molar-refractivity contribution >= 4 is 58.3 Å². The van der Waals surface area contributed by atoms with Crippen molar-refractivity contribution in [1.82, 2.24) is 18.2 Å². The maximum atomic E-state index is 13.6. The van der Waals surface area contributed by atoms with Gasteiger partial charge >= 0.3 is 0 Å². The first-order chi connectivity index (χ1) is 17.5. The van der Waals surface area contributed by atoms with Gasteiger partial charge in [-0.05, 0) is 54.8 Å². The number of halogens is 2. The Morgan fingerprint density at radius 3 is 2.59 bits per heavy atom.